The first-order chi connectivity index (χ1) is 19.5. The molecule has 0 aliphatic carbocycles. The van der Waals surface area contributed by atoms with E-state index in [1.54, 1.807) is 43.3 Å². The molecule has 41 heavy (non-hydrogen) atoms. The summed E-state index contributed by atoms with van der Waals surface area (Å²) >= 11 is 0. The van der Waals surface area contributed by atoms with Crippen LogP contribution < -0.4 is 10.5 Å². The Hall–Kier alpha value is -3.54. The maximum Gasteiger partial charge on any atom is 0.329 e. The molecule has 0 saturated heterocycles. The minimum Gasteiger partial charge on any atom is -0.464 e. The Morgan fingerprint density at radius 3 is 2.59 bits per heavy atom. The van der Waals surface area contributed by atoms with Crippen molar-refractivity contribution in [2.75, 3.05) is 33.3 Å². The Kier molecular flexibility index (Phi) is 9.62. The van der Waals surface area contributed by atoms with E-state index in [0.717, 1.165) is 42.6 Å². The SMILES string of the molecule is CCOC(=O)[C@H]1CC(C)=CCN1C(=O)[C@H](Cc1cccc(C(=N)N)c1)NS(=O)(=O)c1ccc2c(c1)CCN(C)CC2. The van der Waals surface area contributed by atoms with Gasteiger partial charge in [0, 0.05) is 25.2 Å². The van der Waals surface area contributed by atoms with Crippen LogP contribution >= 0.6 is 0 Å². The third kappa shape index (κ3) is 7.41. The van der Waals surface area contributed by atoms with Gasteiger partial charge in [0.1, 0.15) is 17.9 Å². The van der Waals surface area contributed by atoms with Gasteiger partial charge in [-0.25, -0.2) is 13.2 Å². The highest BCUT2D eigenvalue weighted by Gasteiger charge is 2.38. The van der Waals surface area contributed by atoms with Crippen LogP contribution in [0.2, 0.25) is 0 Å². The molecular formula is C30H39N5O5S. The molecule has 2 aromatic carbocycles. The monoisotopic (exact) mass is 581 g/mol. The maximum atomic E-state index is 14.1. The Bertz CT molecular complexity index is 1450. The lowest BCUT2D eigenvalue weighted by Crippen LogP contribution is -2.56. The van der Waals surface area contributed by atoms with Crippen molar-refractivity contribution < 1.29 is 22.7 Å². The molecule has 1 amide bonds. The first kappa shape index (κ1) is 30.4. The van der Waals surface area contributed by atoms with E-state index in [1.165, 1.54) is 4.90 Å². The molecule has 11 heteroatoms. The number of nitrogens with one attached hydrogen (secondary N) is 2. The zero-order valence-corrected chi connectivity index (χ0v) is 24.7. The molecule has 220 valence electrons. The van der Waals surface area contributed by atoms with Crippen LogP contribution in [-0.4, -0.2) is 81.3 Å². The molecule has 0 radical (unpaired) electrons. The third-order valence-electron chi connectivity index (χ3n) is 7.66. The van der Waals surface area contributed by atoms with Gasteiger partial charge < -0.3 is 20.3 Å². The minimum atomic E-state index is -4.12. The highest BCUT2D eigenvalue weighted by Crippen LogP contribution is 2.24. The van der Waals surface area contributed by atoms with Gasteiger partial charge in [-0.15, -0.1) is 0 Å². The molecular weight excluding hydrogens is 542 g/mol. The topological polar surface area (TPSA) is 146 Å². The lowest BCUT2D eigenvalue weighted by molar-refractivity contribution is -0.155. The normalized spacial score (nSPS) is 18.6. The second-order valence-corrected chi connectivity index (χ2v) is 12.5. The summed E-state index contributed by atoms with van der Waals surface area (Å²) in [6.45, 7) is 5.65. The van der Waals surface area contributed by atoms with Crippen molar-refractivity contribution in [1.82, 2.24) is 14.5 Å². The van der Waals surface area contributed by atoms with E-state index in [0.29, 0.717) is 17.5 Å². The Balaban J connectivity index is 1.68. The number of ether oxygens (including phenoxy) is 1. The van der Waals surface area contributed by atoms with Crippen LogP contribution in [0.1, 0.15) is 42.5 Å². The summed E-state index contributed by atoms with van der Waals surface area (Å²) < 4.78 is 35.4. The van der Waals surface area contributed by atoms with Crippen molar-refractivity contribution in [2.45, 2.75) is 56.5 Å². The molecule has 10 nitrogen and oxygen atoms in total. The second-order valence-electron chi connectivity index (χ2n) is 10.7. The molecule has 2 heterocycles. The number of amides is 1. The van der Waals surface area contributed by atoms with E-state index < -0.39 is 34.0 Å². The number of carbonyl (C=O) groups is 2. The average Bonchev–Trinajstić information content (AvgIpc) is 3.13. The van der Waals surface area contributed by atoms with Crippen LogP contribution in [-0.2, 0) is 43.6 Å². The number of benzene rings is 2. The fraction of sp³-hybridized carbons (Fsp3) is 0.433. The number of likely N-dealkylation sites (N-methyl/N-ethyl adjacent to an activating group) is 1. The first-order valence-corrected chi connectivity index (χ1v) is 15.4. The number of hydrogen-bond acceptors (Lipinski definition) is 7. The standard InChI is InChI=1S/C30H39N5O5S/c1-4-40-30(37)27-16-20(2)10-15-35(27)29(36)26(18-21-6-5-7-24(17-21)28(31)32)33-41(38,39)25-9-8-22-11-13-34(3)14-12-23(22)19-25/h5-10,17,19,26-27,33H,4,11-16,18H2,1-3H3,(H3,31,32)/t26-,27+/m0/s1. The van der Waals surface area contributed by atoms with E-state index in [4.69, 9.17) is 15.9 Å². The van der Waals surface area contributed by atoms with E-state index >= 15 is 0 Å². The maximum absolute atomic E-state index is 14.1. The van der Waals surface area contributed by atoms with Crippen LogP contribution in [0, 0.1) is 5.41 Å². The molecule has 4 N–H and O–H groups in total. The van der Waals surface area contributed by atoms with Gasteiger partial charge in [0.2, 0.25) is 15.9 Å². The smallest absolute Gasteiger partial charge is 0.329 e. The number of esters is 1. The number of nitrogens with zero attached hydrogens (tertiary/aromatic N) is 2. The predicted molar refractivity (Wildman–Crippen MR) is 157 cm³/mol. The Labute approximate surface area is 242 Å². The Morgan fingerprint density at radius 2 is 1.88 bits per heavy atom. The molecule has 0 saturated carbocycles. The molecule has 2 aromatic rings. The number of nitrogen functional groups attached to an aromatic ring is 1. The molecule has 2 atom stereocenters. The van der Waals surface area contributed by atoms with Gasteiger partial charge in [0.05, 0.1) is 11.5 Å². The summed E-state index contributed by atoms with van der Waals surface area (Å²) in [6.07, 6.45) is 3.74. The zero-order chi connectivity index (χ0) is 29.7. The van der Waals surface area contributed by atoms with Crippen LogP contribution in [0.4, 0.5) is 0 Å². The lowest BCUT2D eigenvalue weighted by Gasteiger charge is -2.35. The number of fused-ring (bicyclic) bond motifs is 1. The van der Waals surface area contributed by atoms with Gasteiger partial charge in [0.15, 0.2) is 0 Å². The molecule has 0 fully saturated rings. The van der Waals surface area contributed by atoms with Crippen molar-refractivity contribution in [2.24, 2.45) is 5.73 Å². The van der Waals surface area contributed by atoms with Gasteiger partial charge in [-0.2, -0.15) is 4.72 Å². The van der Waals surface area contributed by atoms with E-state index in [-0.39, 0.29) is 30.3 Å². The second kappa shape index (κ2) is 13.0. The van der Waals surface area contributed by atoms with Crippen LogP contribution in [0.5, 0.6) is 0 Å². The van der Waals surface area contributed by atoms with Crippen molar-refractivity contribution in [1.29, 1.82) is 5.41 Å². The van der Waals surface area contributed by atoms with E-state index in [9.17, 15) is 18.0 Å². The predicted octanol–water partition coefficient (Wildman–Crippen LogP) is 2.00. The third-order valence-corrected chi connectivity index (χ3v) is 9.13. The largest absolute Gasteiger partial charge is 0.464 e. The van der Waals surface area contributed by atoms with Crippen molar-refractivity contribution in [3.8, 4) is 0 Å². The summed E-state index contributed by atoms with van der Waals surface area (Å²) in [5.74, 6) is -1.19. The number of carbonyl (C=O) groups excluding carboxylic acids is 2. The molecule has 0 unspecified atom stereocenters. The van der Waals surface area contributed by atoms with Crippen molar-refractivity contribution >= 4 is 27.7 Å². The van der Waals surface area contributed by atoms with Crippen molar-refractivity contribution in [3.05, 3.63) is 76.4 Å². The van der Waals surface area contributed by atoms with E-state index in [2.05, 4.69) is 9.62 Å². The average molecular weight is 582 g/mol. The summed E-state index contributed by atoms with van der Waals surface area (Å²) in [4.78, 5) is 30.6. The summed E-state index contributed by atoms with van der Waals surface area (Å²) in [5, 5.41) is 7.78. The Morgan fingerprint density at radius 1 is 1.15 bits per heavy atom. The van der Waals surface area contributed by atoms with Crippen LogP contribution in [0.25, 0.3) is 0 Å². The van der Waals surface area contributed by atoms with Gasteiger partial charge in [0.25, 0.3) is 0 Å². The van der Waals surface area contributed by atoms with Gasteiger partial charge in [-0.1, -0.05) is 35.9 Å². The quantitative estimate of drug-likeness (QED) is 0.178. The highest BCUT2D eigenvalue weighted by molar-refractivity contribution is 7.89. The molecule has 2 aliphatic heterocycles. The molecule has 0 spiro atoms. The number of rotatable bonds is 9. The number of nitrogens with two attached hydrogens (primary N) is 1. The first-order valence-electron chi connectivity index (χ1n) is 13.9. The minimum absolute atomic E-state index is 0.00363. The van der Waals surface area contributed by atoms with Gasteiger partial charge >= 0.3 is 5.97 Å². The summed E-state index contributed by atoms with van der Waals surface area (Å²) in [5.41, 5.74) is 9.82. The highest BCUT2D eigenvalue weighted by atomic mass is 32.2. The summed E-state index contributed by atoms with van der Waals surface area (Å²) in [6, 6.07) is 9.87. The molecule has 4 rings (SSSR count). The zero-order valence-electron chi connectivity index (χ0n) is 23.9. The van der Waals surface area contributed by atoms with Gasteiger partial charge in [-0.3, -0.25) is 10.2 Å². The number of sulfonamides is 1. The van der Waals surface area contributed by atoms with Crippen LogP contribution in [0.3, 0.4) is 0 Å². The molecule has 0 aromatic heterocycles. The molecule has 0 bridgehead atoms. The van der Waals surface area contributed by atoms with E-state index in [1.807, 2.05) is 26.1 Å². The number of hydrogen-bond donors (Lipinski definition) is 3. The van der Waals surface area contributed by atoms with Crippen LogP contribution in [0.15, 0.2) is 59.0 Å². The fourth-order valence-corrected chi connectivity index (χ4v) is 6.53. The fourth-order valence-electron chi connectivity index (χ4n) is 5.29. The lowest BCUT2D eigenvalue weighted by atomic mass is 9.98. The number of amidine groups is 1. The molecule has 2 aliphatic rings. The summed E-state index contributed by atoms with van der Waals surface area (Å²) in [7, 11) is -2.07. The van der Waals surface area contributed by atoms with Crippen molar-refractivity contribution in [3.63, 3.8) is 0 Å². The van der Waals surface area contributed by atoms with Gasteiger partial charge in [-0.05, 0) is 81.5 Å².